The fourth-order valence-electron chi connectivity index (χ4n) is 3.02. The number of rotatable bonds is 7. The zero-order valence-electron chi connectivity index (χ0n) is 17.2. The largest absolute Gasteiger partial charge is 0.494 e. The smallest absolute Gasteiger partial charge is 0.270 e. The Morgan fingerprint density at radius 1 is 1.10 bits per heavy atom. The molecular formula is C22H21IN2O5S. The van der Waals surface area contributed by atoms with Crippen LogP contribution in [-0.2, 0) is 9.59 Å². The summed E-state index contributed by atoms with van der Waals surface area (Å²) in [5.74, 6) is 0.742. The molecule has 1 N–H and O–H groups in total. The van der Waals surface area contributed by atoms with Crippen LogP contribution >= 0.6 is 34.8 Å². The summed E-state index contributed by atoms with van der Waals surface area (Å²) >= 11 is 7.37. The first-order valence-corrected chi connectivity index (χ1v) is 11.0. The van der Waals surface area contributed by atoms with E-state index in [1.54, 1.807) is 30.3 Å². The van der Waals surface area contributed by atoms with E-state index in [2.05, 4.69) is 27.9 Å². The fourth-order valence-corrected chi connectivity index (χ4v) is 4.09. The second-order valence-corrected chi connectivity index (χ2v) is 7.90. The number of halogens is 1. The number of hydrogen-bond acceptors (Lipinski definition) is 6. The maximum Gasteiger partial charge on any atom is 0.270 e. The molecule has 162 valence electrons. The maximum atomic E-state index is 13.2. The molecule has 1 aliphatic heterocycles. The van der Waals surface area contributed by atoms with Gasteiger partial charge in [0.05, 0.1) is 29.6 Å². The van der Waals surface area contributed by atoms with E-state index in [-0.39, 0.29) is 10.7 Å². The number of carbonyl (C=O) groups excluding carboxylic acids is 2. The lowest BCUT2D eigenvalue weighted by molar-refractivity contribution is -0.122. The molecule has 31 heavy (non-hydrogen) atoms. The number of nitrogens with one attached hydrogen (secondary N) is 1. The lowest BCUT2D eigenvalue weighted by atomic mass is 10.1. The van der Waals surface area contributed by atoms with Crippen LogP contribution in [0.2, 0.25) is 0 Å². The Hall–Kier alpha value is -2.66. The van der Waals surface area contributed by atoms with Gasteiger partial charge in [-0.25, -0.2) is 0 Å². The molecule has 0 radical (unpaired) electrons. The Kier molecular flexibility index (Phi) is 7.50. The van der Waals surface area contributed by atoms with Crippen molar-refractivity contribution in [1.29, 1.82) is 0 Å². The van der Waals surface area contributed by atoms with Crippen molar-refractivity contribution >= 4 is 63.5 Å². The van der Waals surface area contributed by atoms with Gasteiger partial charge in [0.25, 0.3) is 11.8 Å². The summed E-state index contributed by atoms with van der Waals surface area (Å²) < 4.78 is 17.3. The van der Waals surface area contributed by atoms with Crippen molar-refractivity contribution in [3.05, 3.63) is 51.1 Å². The van der Waals surface area contributed by atoms with E-state index in [1.165, 1.54) is 18.1 Å². The molecule has 1 fully saturated rings. The standard InChI is InChI=1S/C22H21IN2O5S/c1-4-29-15-8-6-14(7-9-15)25-21(27)16(20(26)24-22(25)31)10-13-11-17(23)19(30-5-2)18(12-13)28-3/h6-12H,4-5H2,1-3H3,(H,24,26,31). The third-order valence-electron chi connectivity index (χ3n) is 4.36. The molecule has 1 heterocycles. The summed E-state index contributed by atoms with van der Waals surface area (Å²) in [5, 5.41) is 2.61. The van der Waals surface area contributed by atoms with E-state index in [1.807, 2.05) is 19.9 Å². The van der Waals surface area contributed by atoms with Gasteiger partial charge in [-0.15, -0.1) is 0 Å². The molecule has 0 bridgehead atoms. The minimum atomic E-state index is -0.556. The summed E-state index contributed by atoms with van der Waals surface area (Å²) in [7, 11) is 1.54. The van der Waals surface area contributed by atoms with Crippen LogP contribution in [0, 0.1) is 3.57 Å². The van der Waals surface area contributed by atoms with Gasteiger partial charge in [0, 0.05) is 0 Å². The molecule has 0 aromatic heterocycles. The van der Waals surface area contributed by atoms with E-state index in [4.69, 9.17) is 26.4 Å². The number of carbonyl (C=O) groups is 2. The minimum Gasteiger partial charge on any atom is -0.494 e. The van der Waals surface area contributed by atoms with E-state index in [0.29, 0.717) is 41.7 Å². The molecule has 0 unspecified atom stereocenters. The van der Waals surface area contributed by atoms with Crippen molar-refractivity contribution in [2.24, 2.45) is 0 Å². The number of anilines is 1. The molecule has 0 atom stereocenters. The van der Waals surface area contributed by atoms with Gasteiger partial charge in [-0.2, -0.15) is 0 Å². The van der Waals surface area contributed by atoms with Crippen molar-refractivity contribution in [2.75, 3.05) is 25.2 Å². The summed E-state index contributed by atoms with van der Waals surface area (Å²) in [6.45, 7) is 4.80. The second-order valence-electron chi connectivity index (χ2n) is 6.35. The minimum absolute atomic E-state index is 0.0233. The first-order chi connectivity index (χ1) is 14.9. The van der Waals surface area contributed by atoms with Gasteiger partial charge in [0.15, 0.2) is 16.6 Å². The molecule has 2 aromatic carbocycles. The summed E-state index contributed by atoms with van der Waals surface area (Å²) in [5.41, 5.74) is 1.12. The van der Waals surface area contributed by atoms with Gasteiger partial charge < -0.3 is 14.2 Å². The van der Waals surface area contributed by atoms with Crippen LogP contribution < -0.4 is 24.4 Å². The summed E-state index contributed by atoms with van der Waals surface area (Å²) in [6, 6.07) is 10.5. The van der Waals surface area contributed by atoms with Gasteiger partial charge in [-0.1, -0.05) is 0 Å². The van der Waals surface area contributed by atoms with Gasteiger partial charge in [-0.05, 0) is 96.7 Å². The van der Waals surface area contributed by atoms with Crippen LogP contribution in [-0.4, -0.2) is 37.3 Å². The zero-order valence-corrected chi connectivity index (χ0v) is 20.2. The van der Waals surface area contributed by atoms with Crippen molar-refractivity contribution in [3.63, 3.8) is 0 Å². The second kappa shape index (κ2) is 10.1. The molecule has 2 amide bonds. The molecule has 3 rings (SSSR count). The Morgan fingerprint density at radius 3 is 2.39 bits per heavy atom. The van der Waals surface area contributed by atoms with Crippen LogP contribution in [0.3, 0.4) is 0 Å². The summed E-state index contributed by atoms with van der Waals surface area (Å²) in [6.07, 6.45) is 1.52. The van der Waals surface area contributed by atoms with Crippen molar-refractivity contribution in [2.45, 2.75) is 13.8 Å². The molecular weight excluding hydrogens is 531 g/mol. The molecule has 9 heteroatoms. The van der Waals surface area contributed by atoms with Crippen LogP contribution in [0.25, 0.3) is 6.08 Å². The third kappa shape index (κ3) is 4.99. The topological polar surface area (TPSA) is 77.1 Å². The molecule has 0 saturated carbocycles. The number of benzene rings is 2. The predicted octanol–water partition coefficient (Wildman–Crippen LogP) is 3.93. The monoisotopic (exact) mass is 552 g/mol. The number of amides is 2. The fraction of sp³-hybridized carbons (Fsp3) is 0.227. The predicted molar refractivity (Wildman–Crippen MR) is 131 cm³/mol. The van der Waals surface area contributed by atoms with E-state index < -0.39 is 11.8 Å². The quantitative estimate of drug-likeness (QED) is 0.243. The van der Waals surface area contributed by atoms with E-state index in [0.717, 1.165) is 3.57 Å². The lowest BCUT2D eigenvalue weighted by Crippen LogP contribution is -2.54. The molecule has 1 saturated heterocycles. The van der Waals surface area contributed by atoms with Gasteiger partial charge >= 0.3 is 0 Å². The Morgan fingerprint density at radius 2 is 1.77 bits per heavy atom. The average Bonchev–Trinajstić information content (AvgIpc) is 2.74. The highest BCUT2D eigenvalue weighted by atomic mass is 127. The highest BCUT2D eigenvalue weighted by Gasteiger charge is 2.34. The third-order valence-corrected chi connectivity index (χ3v) is 5.44. The molecule has 1 aliphatic rings. The van der Waals surface area contributed by atoms with Crippen molar-refractivity contribution < 1.29 is 23.8 Å². The Bertz CT molecular complexity index is 1050. The van der Waals surface area contributed by atoms with E-state index >= 15 is 0 Å². The molecule has 2 aromatic rings. The molecule has 0 spiro atoms. The highest BCUT2D eigenvalue weighted by molar-refractivity contribution is 14.1. The van der Waals surface area contributed by atoms with Gasteiger partial charge in [0.2, 0.25) is 0 Å². The van der Waals surface area contributed by atoms with Gasteiger partial charge in [-0.3, -0.25) is 19.8 Å². The SMILES string of the molecule is CCOc1ccc(N2C(=O)C(=Cc3cc(I)c(OCC)c(OC)c3)C(=O)NC2=S)cc1. The van der Waals surface area contributed by atoms with Crippen LogP contribution in [0.4, 0.5) is 5.69 Å². The average molecular weight is 552 g/mol. The molecule has 7 nitrogen and oxygen atoms in total. The number of hydrogen-bond donors (Lipinski definition) is 1. The molecule has 0 aliphatic carbocycles. The van der Waals surface area contributed by atoms with Crippen LogP contribution in [0.1, 0.15) is 19.4 Å². The van der Waals surface area contributed by atoms with Crippen LogP contribution in [0.15, 0.2) is 42.0 Å². The van der Waals surface area contributed by atoms with E-state index in [9.17, 15) is 9.59 Å². The number of methoxy groups -OCH3 is 1. The maximum absolute atomic E-state index is 13.2. The number of thiocarbonyl (C=S) groups is 1. The number of ether oxygens (including phenoxy) is 3. The Balaban J connectivity index is 1.98. The normalized spacial score (nSPS) is 15.2. The Labute approximate surface area is 199 Å². The first-order valence-electron chi connectivity index (χ1n) is 9.54. The zero-order chi connectivity index (χ0) is 22.5. The van der Waals surface area contributed by atoms with Crippen molar-refractivity contribution in [3.8, 4) is 17.2 Å². The van der Waals surface area contributed by atoms with Crippen molar-refractivity contribution in [1.82, 2.24) is 5.32 Å². The van der Waals surface area contributed by atoms with Gasteiger partial charge in [0.1, 0.15) is 11.3 Å². The lowest BCUT2D eigenvalue weighted by Gasteiger charge is -2.29. The number of nitrogens with zero attached hydrogens (tertiary/aromatic N) is 1. The van der Waals surface area contributed by atoms with Crippen LogP contribution in [0.5, 0.6) is 17.2 Å². The first kappa shape index (κ1) is 23.0. The summed E-state index contributed by atoms with van der Waals surface area (Å²) in [4.78, 5) is 27.0. The highest BCUT2D eigenvalue weighted by Crippen LogP contribution is 2.35.